The molecular formula is C8H14N2O2. The van der Waals surface area contributed by atoms with Crippen molar-refractivity contribution in [3.63, 3.8) is 0 Å². The molecule has 0 atom stereocenters. The van der Waals surface area contributed by atoms with Crippen LogP contribution in [0.25, 0.3) is 0 Å². The van der Waals surface area contributed by atoms with Crippen LogP contribution in [0, 0.1) is 0 Å². The van der Waals surface area contributed by atoms with E-state index in [1.165, 1.54) is 12.2 Å². The summed E-state index contributed by atoms with van der Waals surface area (Å²) in [7, 11) is 0. The second-order valence-corrected chi connectivity index (χ2v) is 2.12. The molecule has 0 aliphatic rings. The van der Waals surface area contributed by atoms with Gasteiger partial charge in [-0.2, -0.15) is 0 Å². The summed E-state index contributed by atoms with van der Waals surface area (Å²) >= 11 is 0. The molecule has 0 fully saturated rings. The third-order valence-electron chi connectivity index (χ3n) is 1.09. The second-order valence-electron chi connectivity index (χ2n) is 2.12. The van der Waals surface area contributed by atoms with E-state index in [9.17, 15) is 9.59 Å². The van der Waals surface area contributed by atoms with Gasteiger partial charge in [0.1, 0.15) is 0 Å². The van der Waals surface area contributed by atoms with Crippen molar-refractivity contribution >= 4 is 11.8 Å². The van der Waals surface area contributed by atoms with Crippen molar-refractivity contribution in [2.24, 2.45) is 0 Å². The van der Waals surface area contributed by atoms with Crippen LogP contribution in [0.15, 0.2) is 12.2 Å². The SMILES string of the molecule is CCNC(=O)/C=C\C(=O)NCC. The fraction of sp³-hybridized carbons (Fsp3) is 0.500. The minimum Gasteiger partial charge on any atom is -0.353 e. The molecule has 0 radical (unpaired) electrons. The van der Waals surface area contributed by atoms with Gasteiger partial charge in [0.15, 0.2) is 0 Å². The van der Waals surface area contributed by atoms with Crippen LogP contribution < -0.4 is 10.6 Å². The summed E-state index contributed by atoms with van der Waals surface area (Å²) in [5, 5.41) is 5.07. The Morgan fingerprint density at radius 1 is 1.00 bits per heavy atom. The number of nitrogens with one attached hydrogen (secondary N) is 2. The summed E-state index contributed by atoms with van der Waals surface area (Å²) in [6.07, 6.45) is 2.43. The van der Waals surface area contributed by atoms with Gasteiger partial charge < -0.3 is 10.6 Å². The van der Waals surface area contributed by atoms with Gasteiger partial charge in [-0.15, -0.1) is 0 Å². The summed E-state index contributed by atoms with van der Waals surface area (Å²) < 4.78 is 0. The smallest absolute Gasteiger partial charge is 0.244 e. The van der Waals surface area contributed by atoms with Gasteiger partial charge in [-0.3, -0.25) is 9.59 Å². The lowest BCUT2D eigenvalue weighted by atomic mass is 10.4. The molecule has 4 nitrogen and oxygen atoms in total. The Balaban J connectivity index is 3.73. The lowest BCUT2D eigenvalue weighted by molar-refractivity contribution is -0.118. The Kier molecular flexibility index (Phi) is 5.69. The first kappa shape index (κ1) is 10.7. The van der Waals surface area contributed by atoms with Gasteiger partial charge in [-0.25, -0.2) is 0 Å². The maximum Gasteiger partial charge on any atom is 0.244 e. The van der Waals surface area contributed by atoms with Gasteiger partial charge in [0.25, 0.3) is 0 Å². The quantitative estimate of drug-likeness (QED) is 0.575. The Hall–Kier alpha value is -1.32. The van der Waals surface area contributed by atoms with Gasteiger partial charge in [-0.05, 0) is 13.8 Å². The highest BCUT2D eigenvalue weighted by atomic mass is 16.2. The van der Waals surface area contributed by atoms with Crippen LogP contribution in [0.1, 0.15) is 13.8 Å². The molecule has 4 heteroatoms. The van der Waals surface area contributed by atoms with Gasteiger partial charge in [0.05, 0.1) is 0 Å². The molecule has 68 valence electrons. The van der Waals surface area contributed by atoms with Crippen LogP contribution in [-0.2, 0) is 9.59 Å². The molecule has 0 spiro atoms. The molecule has 0 aliphatic carbocycles. The number of hydrogen-bond acceptors (Lipinski definition) is 2. The minimum absolute atomic E-state index is 0.247. The lowest BCUT2D eigenvalue weighted by Crippen LogP contribution is -2.23. The molecule has 0 bridgehead atoms. The van der Waals surface area contributed by atoms with Crippen LogP contribution in [0.2, 0.25) is 0 Å². The molecular weight excluding hydrogens is 156 g/mol. The number of rotatable bonds is 4. The summed E-state index contributed by atoms with van der Waals surface area (Å²) in [6, 6.07) is 0. The Bertz CT molecular complexity index is 167. The summed E-state index contributed by atoms with van der Waals surface area (Å²) in [5.41, 5.74) is 0. The fourth-order valence-electron chi connectivity index (χ4n) is 0.618. The third-order valence-corrected chi connectivity index (χ3v) is 1.09. The van der Waals surface area contributed by atoms with Crippen LogP contribution in [0.4, 0.5) is 0 Å². The van der Waals surface area contributed by atoms with Crippen molar-refractivity contribution in [1.29, 1.82) is 0 Å². The van der Waals surface area contributed by atoms with E-state index in [1.807, 2.05) is 13.8 Å². The average molecular weight is 170 g/mol. The highest BCUT2D eigenvalue weighted by Gasteiger charge is 1.94. The molecule has 12 heavy (non-hydrogen) atoms. The zero-order chi connectivity index (χ0) is 9.40. The van der Waals surface area contributed by atoms with Crippen molar-refractivity contribution in [3.05, 3.63) is 12.2 Å². The number of hydrogen-bond donors (Lipinski definition) is 2. The molecule has 2 N–H and O–H groups in total. The van der Waals surface area contributed by atoms with E-state index < -0.39 is 0 Å². The van der Waals surface area contributed by atoms with E-state index in [2.05, 4.69) is 10.6 Å². The van der Waals surface area contributed by atoms with Crippen LogP contribution in [0.5, 0.6) is 0 Å². The van der Waals surface area contributed by atoms with Crippen molar-refractivity contribution in [2.75, 3.05) is 13.1 Å². The zero-order valence-electron chi connectivity index (χ0n) is 7.39. The molecule has 0 saturated heterocycles. The first-order valence-electron chi connectivity index (χ1n) is 3.94. The first-order chi connectivity index (χ1) is 5.70. The Morgan fingerprint density at radius 3 is 1.58 bits per heavy atom. The van der Waals surface area contributed by atoms with Gasteiger partial charge in [0.2, 0.25) is 11.8 Å². The van der Waals surface area contributed by atoms with Crippen molar-refractivity contribution in [2.45, 2.75) is 13.8 Å². The average Bonchev–Trinajstić information content (AvgIpc) is 2.02. The normalized spacial score (nSPS) is 9.83. The van der Waals surface area contributed by atoms with Gasteiger partial charge in [0, 0.05) is 25.2 Å². The van der Waals surface area contributed by atoms with Gasteiger partial charge >= 0.3 is 0 Å². The molecule has 0 aromatic carbocycles. The van der Waals surface area contributed by atoms with E-state index >= 15 is 0 Å². The summed E-state index contributed by atoms with van der Waals surface area (Å²) in [6.45, 7) is 4.77. The fourth-order valence-corrected chi connectivity index (χ4v) is 0.618. The van der Waals surface area contributed by atoms with Gasteiger partial charge in [-0.1, -0.05) is 0 Å². The molecule has 0 unspecified atom stereocenters. The van der Waals surface area contributed by atoms with Crippen LogP contribution >= 0.6 is 0 Å². The predicted octanol–water partition coefficient (Wildman–Crippen LogP) is -0.185. The van der Waals surface area contributed by atoms with Crippen LogP contribution in [-0.4, -0.2) is 24.9 Å². The second kappa shape index (κ2) is 6.39. The Labute approximate surface area is 72.0 Å². The molecule has 0 rings (SSSR count). The largest absolute Gasteiger partial charge is 0.353 e. The number of amides is 2. The number of likely N-dealkylation sites (N-methyl/N-ethyl adjacent to an activating group) is 2. The monoisotopic (exact) mass is 170 g/mol. The number of carbonyl (C=O) groups excluding carboxylic acids is 2. The summed E-state index contributed by atoms with van der Waals surface area (Å²) in [5.74, 6) is -0.493. The molecule has 0 aromatic rings. The molecule has 0 aromatic heterocycles. The molecule has 0 saturated carbocycles. The molecule has 0 heterocycles. The highest BCUT2D eigenvalue weighted by molar-refractivity contribution is 5.96. The third kappa shape index (κ3) is 5.46. The van der Waals surface area contributed by atoms with Crippen LogP contribution in [0.3, 0.4) is 0 Å². The number of carbonyl (C=O) groups is 2. The first-order valence-corrected chi connectivity index (χ1v) is 3.94. The maximum absolute atomic E-state index is 10.8. The minimum atomic E-state index is -0.247. The molecule has 0 aliphatic heterocycles. The van der Waals surface area contributed by atoms with Crippen molar-refractivity contribution in [3.8, 4) is 0 Å². The van der Waals surface area contributed by atoms with E-state index in [0.717, 1.165) is 0 Å². The predicted molar refractivity (Wildman–Crippen MR) is 46.5 cm³/mol. The lowest BCUT2D eigenvalue weighted by Gasteiger charge is -1.95. The maximum atomic E-state index is 10.8. The molecule has 2 amide bonds. The Morgan fingerprint density at radius 2 is 1.33 bits per heavy atom. The van der Waals surface area contributed by atoms with Crippen molar-refractivity contribution < 1.29 is 9.59 Å². The van der Waals surface area contributed by atoms with E-state index in [0.29, 0.717) is 13.1 Å². The standard InChI is InChI=1S/C8H14N2O2/c1-3-9-7(11)5-6-8(12)10-4-2/h5-6H,3-4H2,1-2H3,(H,9,11)(H,10,12)/b6-5-. The van der Waals surface area contributed by atoms with Crippen molar-refractivity contribution in [1.82, 2.24) is 10.6 Å². The zero-order valence-corrected chi connectivity index (χ0v) is 7.39. The van der Waals surface area contributed by atoms with E-state index in [1.54, 1.807) is 0 Å². The summed E-state index contributed by atoms with van der Waals surface area (Å²) in [4.78, 5) is 21.5. The van der Waals surface area contributed by atoms with E-state index in [4.69, 9.17) is 0 Å². The highest BCUT2D eigenvalue weighted by Crippen LogP contribution is 1.74. The topological polar surface area (TPSA) is 58.2 Å². The van der Waals surface area contributed by atoms with E-state index in [-0.39, 0.29) is 11.8 Å².